The van der Waals surface area contributed by atoms with E-state index in [1.54, 1.807) is 0 Å². The number of rotatable bonds is 7. The number of halogens is 6. The minimum atomic E-state index is -0.810. The fourth-order valence-corrected chi connectivity index (χ4v) is 9.21. The second-order valence-corrected chi connectivity index (χ2v) is 14.7. The molecule has 45 heavy (non-hydrogen) atoms. The number of imide groups is 1. The van der Waals surface area contributed by atoms with Crippen molar-refractivity contribution in [1.82, 2.24) is 10.0 Å². The van der Waals surface area contributed by atoms with Crippen LogP contribution in [0.5, 0.6) is 5.75 Å². The Bertz CT molecular complexity index is 1740. The first-order valence-electron chi connectivity index (χ1n) is 13.6. The number of alkyl halides is 2. The first-order valence-corrected chi connectivity index (χ1v) is 16.9. The van der Waals surface area contributed by atoms with Crippen LogP contribution < -0.4 is 4.74 Å². The maximum absolute atomic E-state index is 13.9. The van der Waals surface area contributed by atoms with E-state index < -0.39 is 47.9 Å². The Balaban J connectivity index is 1.26. The topological polar surface area (TPSA) is 101 Å². The van der Waals surface area contributed by atoms with Crippen molar-refractivity contribution in [2.24, 2.45) is 23.7 Å². The van der Waals surface area contributed by atoms with Crippen LogP contribution >= 0.6 is 78.3 Å². The van der Waals surface area contributed by atoms with Crippen molar-refractivity contribution in [3.8, 4) is 5.75 Å². The van der Waals surface area contributed by atoms with Crippen LogP contribution in [0.15, 0.2) is 60.7 Å². The van der Waals surface area contributed by atoms with E-state index >= 15 is 0 Å². The van der Waals surface area contributed by atoms with Gasteiger partial charge in [0.05, 0.1) is 33.0 Å². The van der Waals surface area contributed by atoms with Gasteiger partial charge in [0.1, 0.15) is 12.3 Å². The second kappa shape index (κ2) is 12.6. The molecular formula is C31H20Br2Cl4N2O6. The highest BCUT2D eigenvalue weighted by Crippen LogP contribution is 2.60. The lowest BCUT2D eigenvalue weighted by molar-refractivity contribution is -0.154. The molecule has 1 saturated heterocycles. The third kappa shape index (κ3) is 5.83. The van der Waals surface area contributed by atoms with Crippen LogP contribution in [0, 0.1) is 23.7 Å². The molecule has 6 rings (SSSR count). The van der Waals surface area contributed by atoms with Crippen molar-refractivity contribution >= 4 is 108 Å². The molecule has 3 fully saturated rings. The number of esters is 1. The van der Waals surface area contributed by atoms with Crippen LogP contribution in [0.3, 0.4) is 0 Å². The summed E-state index contributed by atoms with van der Waals surface area (Å²) in [6.07, 6.45) is 0.698. The van der Waals surface area contributed by atoms with E-state index in [4.69, 9.17) is 51.1 Å². The maximum Gasteiger partial charge on any atom is 0.345 e. The summed E-state index contributed by atoms with van der Waals surface area (Å²) in [7, 11) is 0. The molecule has 1 heterocycles. The molecule has 1 aliphatic heterocycles. The van der Waals surface area contributed by atoms with Gasteiger partial charge in [-0.15, -0.1) is 0 Å². The summed E-state index contributed by atoms with van der Waals surface area (Å²) in [5, 5.41) is 2.44. The van der Waals surface area contributed by atoms with Gasteiger partial charge in [-0.05, 0) is 78.9 Å². The van der Waals surface area contributed by atoms with Gasteiger partial charge in [0, 0.05) is 25.3 Å². The highest BCUT2D eigenvalue weighted by molar-refractivity contribution is 9.12. The monoisotopic (exact) mass is 814 g/mol. The average molecular weight is 818 g/mol. The van der Waals surface area contributed by atoms with Gasteiger partial charge in [-0.2, -0.15) is 5.01 Å². The predicted molar refractivity (Wildman–Crippen MR) is 176 cm³/mol. The molecule has 0 unspecified atom stereocenters. The van der Waals surface area contributed by atoms with Crippen molar-refractivity contribution in [2.45, 2.75) is 16.1 Å². The predicted octanol–water partition coefficient (Wildman–Crippen LogP) is 7.54. The minimum absolute atomic E-state index is 0.00249. The molecule has 0 aromatic heterocycles. The number of hydrogen-bond donors (Lipinski definition) is 0. The number of Topliss-reactive ketones (excluding diaryl/α,β-unsaturated/α-hetero) is 1. The Hall–Kier alpha value is -2.47. The van der Waals surface area contributed by atoms with E-state index in [9.17, 15) is 24.0 Å². The van der Waals surface area contributed by atoms with Crippen LogP contribution in [-0.2, 0) is 9.59 Å². The van der Waals surface area contributed by atoms with Gasteiger partial charge in [-0.25, -0.2) is 9.80 Å². The summed E-state index contributed by atoms with van der Waals surface area (Å²) < 4.78 is 5.38. The van der Waals surface area contributed by atoms with Crippen LogP contribution in [-0.4, -0.2) is 55.7 Å². The molecule has 2 aliphatic carbocycles. The van der Waals surface area contributed by atoms with Crippen LogP contribution in [0.4, 0.5) is 0 Å². The molecule has 8 nitrogen and oxygen atoms in total. The van der Waals surface area contributed by atoms with Crippen molar-refractivity contribution in [1.29, 1.82) is 0 Å². The van der Waals surface area contributed by atoms with Gasteiger partial charge in [-0.1, -0.05) is 78.3 Å². The lowest BCUT2D eigenvalue weighted by Gasteiger charge is -2.31. The standard InChI is InChI=1S/C31H20Br2Cl4N2O6/c32-26-19-11-20(27(26)33)25-24(19)29(42)39(30(25)43)38(28(41)17-7-3-14(34)9-21(17)36)12-23(40)13-1-5-16(6-2-13)45-31(44)18-8-4-15(35)10-22(18)37/h1-10,19-20,24-27H,11-12H2/t19-,20-,24-,25-,26-,27+/m1/s1. The normalized spacial score (nSPS) is 25.0. The average Bonchev–Trinajstić information content (AvgIpc) is 3.60. The second-order valence-electron chi connectivity index (χ2n) is 10.9. The molecule has 6 atom stereocenters. The van der Waals surface area contributed by atoms with Gasteiger partial charge in [0.15, 0.2) is 5.78 Å². The molecule has 2 saturated carbocycles. The van der Waals surface area contributed by atoms with Gasteiger partial charge < -0.3 is 4.74 Å². The number of hydrazine groups is 1. The lowest BCUT2D eigenvalue weighted by Crippen LogP contribution is -2.52. The Morgan fingerprint density at radius 2 is 1.29 bits per heavy atom. The van der Waals surface area contributed by atoms with Gasteiger partial charge in [0.25, 0.3) is 17.7 Å². The molecule has 3 aromatic carbocycles. The Morgan fingerprint density at radius 1 is 0.778 bits per heavy atom. The van der Waals surface area contributed by atoms with Gasteiger partial charge >= 0.3 is 5.97 Å². The summed E-state index contributed by atoms with van der Waals surface area (Å²) >= 11 is 31.7. The minimum Gasteiger partial charge on any atom is -0.423 e. The van der Waals surface area contributed by atoms with Gasteiger partial charge in [0.2, 0.25) is 0 Å². The first kappa shape index (κ1) is 32.5. The van der Waals surface area contributed by atoms with Crippen molar-refractivity contribution in [2.75, 3.05) is 6.54 Å². The van der Waals surface area contributed by atoms with E-state index in [2.05, 4.69) is 31.9 Å². The summed E-state index contributed by atoms with van der Waals surface area (Å²) in [6.45, 7) is -0.640. The van der Waals surface area contributed by atoms with Crippen molar-refractivity contribution in [3.05, 3.63) is 97.4 Å². The quantitative estimate of drug-likeness (QED) is 0.0804. The molecular weight excluding hydrogens is 798 g/mol. The molecule has 2 bridgehead atoms. The number of carbonyl (C=O) groups is 5. The largest absolute Gasteiger partial charge is 0.423 e. The third-order valence-electron chi connectivity index (χ3n) is 8.43. The number of fused-ring (bicyclic) bond motifs is 5. The molecule has 0 radical (unpaired) electrons. The summed E-state index contributed by atoms with van der Waals surface area (Å²) in [5.41, 5.74) is 0.209. The summed E-state index contributed by atoms with van der Waals surface area (Å²) in [5.74, 6) is -4.48. The third-order valence-corrected chi connectivity index (χ3v) is 12.7. The molecule has 3 amide bonds. The molecule has 232 valence electrons. The van der Waals surface area contributed by atoms with E-state index in [1.165, 1.54) is 60.7 Å². The Labute approximate surface area is 294 Å². The van der Waals surface area contributed by atoms with Crippen molar-refractivity contribution in [3.63, 3.8) is 0 Å². The fourth-order valence-electron chi connectivity index (χ4n) is 6.36. The lowest BCUT2D eigenvalue weighted by atomic mass is 9.81. The number of hydrogen-bond acceptors (Lipinski definition) is 6. The molecule has 14 heteroatoms. The van der Waals surface area contributed by atoms with Crippen LogP contribution in [0.2, 0.25) is 20.1 Å². The summed E-state index contributed by atoms with van der Waals surface area (Å²) in [4.78, 5) is 67.7. The molecule has 3 aromatic rings. The fraction of sp³-hybridized carbons (Fsp3) is 0.258. The highest BCUT2D eigenvalue weighted by Gasteiger charge is 2.67. The summed E-state index contributed by atoms with van der Waals surface area (Å²) in [6, 6.07) is 14.1. The van der Waals surface area contributed by atoms with E-state index in [1.807, 2.05) is 0 Å². The first-order chi connectivity index (χ1) is 21.4. The SMILES string of the molecule is O=C(CN(C(=O)c1ccc(Cl)cc1Cl)N1C(=O)[C@@H]2[C@H]3C[C@@H]([C@@H](Br)[C@H]3Br)[C@H]2C1=O)c1ccc(OC(=O)c2ccc(Cl)cc2Cl)cc1. The van der Waals surface area contributed by atoms with Gasteiger partial charge in [-0.3, -0.25) is 19.2 Å². The molecule has 0 N–H and O–H groups in total. The van der Waals surface area contributed by atoms with Crippen molar-refractivity contribution < 1.29 is 28.7 Å². The highest BCUT2D eigenvalue weighted by atomic mass is 79.9. The van der Waals surface area contributed by atoms with Crippen LogP contribution in [0.1, 0.15) is 37.5 Å². The number of nitrogens with zero attached hydrogens (tertiary/aromatic N) is 2. The van der Waals surface area contributed by atoms with E-state index in [0.717, 1.165) is 10.0 Å². The Kier molecular flexibility index (Phi) is 9.10. The molecule has 0 spiro atoms. The van der Waals surface area contributed by atoms with E-state index in [-0.39, 0.29) is 59.0 Å². The number of benzene rings is 3. The smallest absolute Gasteiger partial charge is 0.345 e. The zero-order valence-corrected chi connectivity index (χ0v) is 29.0. The zero-order valence-electron chi connectivity index (χ0n) is 22.8. The maximum atomic E-state index is 13.9. The number of ketones is 1. The Morgan fingerprint density at radius 3 is 1.80 bits per heavy atom. The molecule has 3 aliphatic rings. The number of carbonyl (C=O) groups excluding carboxylic acids is 5. The number of amides is 3. The van der Waals surface area contributed by atoms with E-state index in [0.29, 0.717) is 11.4 Å². The van der Waals surface area contributed by atoms with Crippen LogP contribution in [0.25, 0.3) is 0 Å². The number of ether oxygens (including phenoxy) is 1. The zero-order chi connectivity index (χ0) is 32.3.